The van der Waals surface area contributed by atoms with E-state index in [4.69, 9.17) is 9.47 Å². The zero-order valence-electron chi connectivity index (χ0n) is 19.5. The number of aliphatic hydroxyl groups is 2. The molecule has 0 saturated heterocycles. The number of ether oxygens (including phenoxy) is 2. The maximum absolute atomic E-state index is 13.3. The summed E-state index contributed by atoms with van der Waals surface area (Å²) in [6, 6.07) is 0. The van der Waals surface area contributed by atoms with Crippen LogP contribution in [0.1, 0.15) is 53.4 Å². The second kappa shape index (κ2) is 7.87. The van der Waals surface area contributed by atoms with Gasteiger partial charge in [0.2, 0.25) is 5.78 Å². The SMILES string of the molecule is CC(=O)OCC(=O)[C@@]1(O)[C@H](OC(C)=O)C[C@H]2[C@@H]3CCC4=CC(=O)C=C[C@]4(C)[C@H]3[C@@H](O)C[C@@]21C. The van der Waals surface area contributed by atoms with Gasteiger partial charge in [-0.1, -0.05) is 25.5 Å². The van der Waals surface area contributed by atoms with Gasteiger partial charge in [0.1, 0.15) is 6.10 Å². The molecule has 180 valence electrons. The van der Waals surface area contributed by atoms with E-state index in [0.29, 0.717) is 12.8 Å². The van der Waals surface area contributed by atoms with E-state index in [-0.39, 0.29) is 36.4 Å². The molecule has 0 heterocycles. The number of carbonyl (C=O) groups is 4. The molecule has 4 aliphatic rings. The lowest BCUT2D eigenvalue weighted by Gasteiger charge is -2.59. The first kappa shape index (κ1) is 23.8. The molecular formula is C25H32O8. The summed E-state index contributed by atoms with van der Waals surface area (Å²) < 4.78 is 10.4. The van der Waals surface area contributed by atoms with Crippen LogP contribution in [0.2, 0.25) is 0 Å². The standard InChI is InChI=1S/C25H32O8/c1-13(26)32-12-20(30)25(31)21(33-14(2)27)10-18-17-6-5-15-9-16(28)7-8-23(15,3)22(17)19(29)11-24(18,25)4/h7-9,17-19,21-22,29,31H,5-6,10-12H2,1-4H3/t17-,18-,19-,21+,22+,23-,24-,25+/m0/s1. The second-order valence-corrected chi connectivity index (χ2v) is 10.5. The van der Waals surface area contributed by atoms with Gasteiger partial charge in [0.25, 0.3) is 0 Å². The maximum Gasteiger partial charge on any atom is 0.303 e. The second-order valence-electron chi connectivity index (χ2n) is 10.5. The Hall–Kier alpha value is -2.32. The van der Waals surface area contributed by atoms with Crippen LogP contribution < -0.4 is 0 Å². The summed E-state index contributed by atoms with van der Waals surface area (Å²) in [5.74, 6) is -2.55. The molecule has 0 radical (unpaired) electrons. The van der Waals surface area contributed by atoms with Crippen molar-refractivity contribution < 1.29 is 38.9 Å². The summed E-state index contributed by atoms with van der Waals surface area (Å²) >= 11 is 0. The number of fused-ring (bicyclic) bond motifs is 5. The average Bonchev–Trinajstić information content (AvgIpc) is 2.94. The van der Waals surface area contributed by atoms with E-state index in [1.807, 2.05) is 13.0 Å². The van der Waals surface area contributed by atoms with Gasteiger partial charge in [-0.3, -0.25) is 19.2 Å². The Kier molecular flexibility index (Phi) is 5.69. The molecule has 3 fully saturated rings. The molecule has 0 bridgehead atoms. The smallest absolute Gasteiger partial charge is 0.303 e. The highest BCUT2D eigenvalue weighted by atomic mass is 16.6. The van der Waals surface area contributed by atoms with E-state index < -0.39 is 53.0 Å². The Bertz CT molecular complexity index is 965. The Morgan fingerprint density at radius 1 is 1.18 bits per heavy atom. The molecule has 8 atom stereocenters. The molecule has 0 aromatic rings. The van der Waals surface area contributed by atoms with Crippen LogP contribution in [0.4, 0.5) is 0 Å². The molecule has 4 aliphatic carbocycles. The Morgan fingerprint density at radius 3 is 2.52 bits per heavy atom. The minimum absolute atomic E-state index is 0.0581. The van der Waals surface area contributed by atoms with Gasteiger partial charge in [-0.25, -0.2) is 0 Å². The first-order chi connectivity index (χ1) is 15.3. The van der Waals surface area contributed by atoms with E-state index >= 15 is 0 Å². The number of hydrogen-bond donors (Lipinski definition) is 2. The van der Waals surface area contributed by atoms with E-state index in [2.05, 4.69) is 0 Å². The lowest BCUT2D eigenvalue weighted by Crippen LogP contribution is -2.64. The Morgan fingerprint density at radius 2 is 1.88 bits per heavy atom. The number of rotatable bonds is 4. The fourth-order valence-electron chi connectivity index (χ4n) is 7.42. The number of carbonyl (C=O) groups excluding carboxylic acids is 4. The zero-order valence-corrected chi connectivity index (χ0v) is 19.5. The number of aliphatic hydroxyl groups excluding tert-OH is 1. The molecule has 4 rings (SSSR count). The van der Waals surface area contributed by atoms with Crippen LogP contribution in [0.25, 0.3) is 0 Å². The minimum atomic E-state index is -2.10. The van der Waals surface area contributed by atoms with Crippen LogP contribution in [-0.4, -0.2) is 58.1 Å². The van der Waals surface area contributed by atoms with Crippen molar-refractivity contribution >= 4 is 23.5 Å². The lowest BCUT2D eigenvalue weighted by molar-refractivity contribution is -0.198. The number of ketones is 2. The summed E-state index contributed by atoms with van der Waals surface area (Å²) in [4.78, 5) is 48.4. The maximum atomic E-state index is 13.3. The van der Waals surface area contributed by atoms with Crippen molar-refractivity contribution in [1.82, 2.24) is 0 Å². The summed E-state index contributed by atoms with van der Waals surface area (Å²) in [5, 5.41) is 23.3. The highest BCUT2D eigenvalue weighted by molar-refractivity contribution is 6.01. The fourth-order valence-corrected chi connectivity index (χ4v) is 7.42. The third kappa shape index (κ3) is 3.41. The third-order valence-corrected chi connectivity index (χ3v) is 8.83. The van der Waals surface area contributed by atoms with Crippen molar-refractivity contribution in [3.8, 4) is 0 Å². The predicted molar refractivity (Wildman–Crippen MR) is 116 cm³/mol. The predicted octanol–water partition coefficient (Wildman–Crippen LogP) is 1.67. The van der Waals surface area contributed by atoms with E-state index in [1.165, 1.54) is 13.8 Å². The molecule has 0 amide bonds. The number of hydrogen-bond acceptors (Lipinski definition) is 8. The molecule has 0 unspecified atom stereocenters. The monoisotopic (exact) mass is 460 g/mol. The normalized spacial score (nSPS) is 43.6. The fraction of sp³-hybridized carbons (Fsp3) is 0.680. The van der Waals surface area contributed by atoms with Crippen molar-refractivity contribution in [1.29, 1.82) is 0 Å². The zero-order chi connectivity index (χ0) is 24.3. The quantitative estimate of drug-likeness (QED) is 0.607. The van der Waals surface area contributed by atoms with Gasteiger partial charge in [-0.15, -0.1) is 0 Å². The molecule has 2 N–H and O–H groups in total. The third-order valence-electron chi connectivity index (χ3n) is 8.83. The molecule has 8 nitrogen and oxygen atoms in total. The van der Waals surface area contributed by atoms with Crippen LogP contribution in [0, 0.1) is 28.6 Å². The molecule has 0 aromatic heterocycles. The highest BCUT2D eigenvalue weighted by Crippen LogP contribution is 2.67. The van der Waals surface area contributed by atoms with E-state index in [1.54, 1.807) is 19.1 Å². The van der Waals surface area contributed by atoms with Crippen LogP contribution in [0.3, 0.4) is 0 Å². The first-order valence-corrected chi connectivity index (χ1v) is 11.5. The molecule has 0 aromatic carbocycles. The van der Waals surface area contributed by atoms with Gasteiger partial charge >= 0.3 is 11.9 Å². The summed E-state index contributed by atoms with van der Waals surface area (Å²) in [7, 11) is 0. The molecule has 33 heavy (non-hydrogen) atoms. The van der Waals surface area contributed by atoms with Crippen LogP contribution in [0.15, 0.2) is 23.8 Å². The van der Waals surface area contributed by atoms with E-state index in [9.17, 15) is 29.4 Å². The van der Waals surface area contributed by atoms with Gasteiger partial charge in [0.15, 0.2) is 18.0 Å². The van der Waals surface area contributed by atoms with Crippen LogP contribution in [-0.2, 0) is 28.7 Å². The van der Waals surface area contributed by atoms with Gasteiger partial charge in [-0.2, -0.15) is 0 Å². The Labute approximate surface area is 193 Å². The van der Waals surface area contributed by atoms with Crippen molar-refractivity contribution in [3.05, 3.63) is 23.8 Å². The molecule has 3 saturated carbocycles. The van der Waals surface area contributed by atoms with Crippen molar-refractivity contribution in [2.75, 3.05) is 6.61 Å². The van der Waals surface area contributed by atoms with Gasteiger partial charge in [-0.05, 0) is 49.7 Å². The van der Waals surface area contributed by atoms with Crippen LogP contribution >= 0.6 is 0 Å². The summed E-state index contributed by atoms with van der Waals surface area (Å²) in [6.45, 7) is 5.56. The van der Waals surface area contributed by atoms with Crippen molar-refractivity contribution in [2.45, 2.75) is 71.2 Å². The average molecular weight is 461 g/mol. The largest absolute Gasteiger partial charge is 0.459 e. The van der Waals surface area contributed by atoms with Crippen LogP contribution in [0.5, 0.6) is 0 Å². The number of esters is 2. The Balaban J connectivity index is 1.75. The van der Waals surface area contributed by atoms with Gasteiger partial charge in [0, 0.05) is 30.6 Å². The molecular weight excluding hydrogens is 428 g/mol. The highest BCUT2D eigenvalue weighted by Gasteiger charge is 2.72. The summed E-state index contributed by atoms with van der Waals surface area (Å²) in [5.41, 5.74) is -2.69. The first-order valence-electron chi connectivity index (χ1n) is 11.5. The summed E-state index contributed by atoms with van der Waals surface area (Å²) in [6.07, 6.45) is 4.86. The molecule has 8 heteroatoms. The van der Waals surface area contributed by atoms with Crippen molar-refractivity contribution in [2.24, 2.45) is 28.6 Å². The van der Waals surface area contributed by atoms with Gasteiger partial charge < -0.3 is 19.7 Å². The number of allylic oxidation sites excluding steroid dienone is 4. The number of Topliss-reactive ketones (excluding diaryl/α,β-unsaturated/α-hetero) is 1. The molecule has 0 aliphatic heterocycles. The topological polar surface area (TPSA) is 127 Å². The minimum Gasteiger partial charge on any atom is -0.459 e. The van der Waals surface area contributed by atoms with Gasteiger partial charge in [0.05, 0.1) is 6.10 Å². The van der Waals surface area contributed by atoms with E-state index in [0.717, 1.165) is 5.57 Å². The molecule has 0 spiro atoms. The van der Waals surface area contributed by atoms with Crippen molar-refractivity contribution in [3.63, 3.8) is 0 Å². The lowest BCUT2D eigenvalue weighted by atomic mass is 9.46.